The molecule has 2 heterocycles. The van der Waals surface area contributed by atoms with Gasteiger partial charge in [0.15, 0.2) is 0 Å². The second-order valence-corrected chi connectivity index (χ2v) is 20.3. The number of hydrogen-bond acceptors (Lipinski definition) is 4. The van der Waals surface area contributed by atoms with Crippen LogP contribution in [0.3, 0.4) is 0 Å². The lowest BCUT2D eigenvalue weighted by atomic mass is 9.66. The molecule has 0 N–H and O–H groups in total. The van der Waals surface area contributed by atoms with Crippen LogP contribution in [0, 0.1) is 0 Å². The van der Waals surface area contributed by atoms with Crippen molar-refractivity contribution in [3.8, 4) is 11.1 Å². The first kappa shape index (κ1) is 43.3. The molecule has 1 aliphatic rings. The van der Waals surface area contributed by atoms with Gasteiger partial charge in [-0.15, -0.1) is 0 Å². The lowest BCUT2D eigenvalue weighted by Crippen LogP contribution is -2.29. The van der Waals surface area contributed by atoms with Gasteiger partial charge in [0.25, 0.3) is 0 Å². The quantitative estimate of drug-likeness (QED) is 0.142. The van der Waals surface area contributed by atoms with Crippen LogP contribution < -0.4 is 9.80 Å². The summed E-state index contributed by atoms with van der Waals surface area (Å²) >= 11 is 0. The Kier molecular flexibility index (Phi) is 9.52. The fourth-order valence-electron chi connectivity index (χ4n) is 13.1. The van der Waals surface area contributed by atoms with Gasteiger partial charge in [0.2, 0.25) is 0 Å². The van der Waals surface area contributed by atoms with E-state index in [0.717, 1.165) is 83.4 Å². The molecule has 2 aromatic heterocycles. The number of benzene rings is 13. The van der Waals surface area contributed by atoms with Crippen LogP contribution >= 0.6 is 0 Å². The molecule has 15 aromatic rings. The lowest BCUT2D eigenvalue weighted by Gasteiger charge is -2.35. The maximum Gasteiger partial charge on any atom is 0.137 e. The van der Waals surface area contributed by atoms with Crippen molar-refractivity contribution in [2.24, 2.45) is 0 Å². The number of rotatable bonds is 8. The number of hydrogen-bond donors (Lipinski definition) is 0. The largest absolute Gasteiger partial charge is 0.456 e. The molecule has 0 bridgehead atoms. The Hall–Kier alpha value is -10.2. The molecule has 0 amide bonds. The van der Waals surface area contributed by atoms with Crippen LogP contribution in [0.25, 0.3) is 87.3 Å². The fourth-order valence-corrected chi connectivity index (χ4v) is 13.1. The van der Waals surface area contributed by atoms with Crippen LogP contribution in [0.4, 0.5) is 34.1 Å². The maximum absolute atomic E-state index is 6.51. The summed E-state index contributed by atoms with van der Waals surface area (Å²) in [4.78, 5) is 4.79. The molecule has 13 aromatic carbocycles. The summed E-state index contributed by atoms with van der Waals surface area (Å²) in [6.07, 6.45) is 0. The van der Waals surface area contributed by atoms with Gasteiger partial charge in [0.1, 0.15) is 22.3 Å². The van der Waals surface area contributed by atoms with Crippen molar-refractivity contribution in [1.29, 1.82) is 0 Å². The van der Waals surface area contributed by atoms with Gasteiger partial charge < -0.3 is 18.6 Å². The Morgan fingerprint density at radius 2 is 0.753 bits per heavy atom. The smallest absolute Gasteiger partial charge is 0.137 e. The molecular weight excluding hydrogens is 937 g/mol. The average molecular weight is 983 g/mol. The molecule has 0 atom stereocenters. The first-order chi connectivity index (χ1) is 38.2. The zero-order chi connectivity index (χ0) is 50.6. The predicted octanol–water partition coefficient (Wildman–Crippen LogP) is 20.2. The summed E-state index contributed by atoms with van der Waals surface area (Å²) in [5.74, 6) is 0. The van der Waals surface area contributed by atoms with Gasteiger partial charge in [-0.2, -0.15) is 0 Å². The normalized spacial score (nSPS) is 12.8. The van der Waals surface area contributed by atoms with Gasteiger partial charge in [-0.1, -0.05) is 182 Å². The van der Waals surface area contributed by atoms with Gasteiger partial charge >= 0.3 is 0 Å². The van der Waals surface area contributed by atoms with Crippen LogP contribution in [-0.2, 0) is 5.41 Å². The topological polar surface area (TPSA) is 32.8 Å². The standard InChI is InChI=1S/C73H46N2O2/c1-5-21-49(22-6-1)73(50-23-7-2-8-24-50)62-45-48-43-53(74(51-25-9-3-10-26-51)63-33-19-37-67-70(63)58-31-15-17-35-65(58)76-67)40-39-47(48)44-61(62)69-56-30-14-13-29-55(56)60-46-54(41-42-57(60)72(69)73)75(52-27-11-4-12-28-52)64-34-20-38-68-71(64)59-32-16-18-36-66(59)77-68/h1-46H. The first-order valence-electron chi connectivity index (χ1n) is 26.4. The zero-order valence-corrected chi connectivity index (χ0v) is 41.8. The lowest BCUT2D eigenvalue weighted by molar-refractivity contribution is 0.668. The molecule has 0 spiro atoms. The summed E-state index contributed by atoms with van der Waals surface area (Å²) < 4.78 is 13.0. The minimum absolute atomic E-state index is 0.706. The average Bonchev–Trinajstić information content (AvgIpc) is 4.27. The molecule has 0 radical (unpaired) electrons. The highest BCUT2D eigenvalue weighted by molar-refractivity contribution is 6.21. The van der Waals surface area contributed by atoms with Gasteiger partial charge in [-0.05, 0) is 163 Å². The Labute approximate surface area is 444 Å². The van der Waals surface area contributed by atoms with Crippen molar-refractivity contribution in [1.82, 2.24) is 0 Å². The molecule has 0 fully saturated rings. The highest BCUT2D eigenvalue weighted by Crippen LogP contribution is 2.61. The molecule has 1 aliphatic carbocycles. The minimum atomic E-state index is -0.706. The molecule has 16 rings (SSSR count). The van der Waals surface area contributed by atoms with E-state index in [1.807, 2.05) is 12.1 Å². The summed E-state index contributed by atoms with van der Waals surface area (Å²) in [5, 5.41) is 11.5. The van der Waals surface area contributed by atoms with Crippen molar-refractivity contribution < 1.29 is 8.83 Å². The van der Waals surface area contributed by atoms with E-state index in [1.165, 1.54) is 60.3 Å². The van der Waals surface area contributed by atoms with E-state index in [9.17, 15) is 0 Å². The summed E-state index contributed by atoms with van der Waals surface area (Å²) in [5.41, 5.74) is 16.7. The van der Waals surface area contributed by atoms with E-state index >= 15 is 0 Å². The predicted molar refractivity (Wildman–Crippen MR) is 320 cm³/mol. The molecule has 0 saturated heterocycles. The van der Waals surface area contributed by atoms with Crippen LogP contribution in [-0.4, -0.2) is 0 Å². The van der Waals surface area contributed by atoms with E-state index < -0.39 is 5.41 Å². The molecule has 0 saturated carbocycles. The van der Waals surface area contributed by atoms with Gasteiger partial charge in [0, 0.05) is 33.5 Å². The third-order valence-electron chi connectivity index (χ3n) is 16.2. The van der Waals surface area contributed by atoms with E-state index in [2.05, 4.69) is 277 Å². The SMILES string of the molecule is c1ccc(N(c2ccc3cc4c(cc3c2)C(c2ccccc2)(c2ccccc2)c2c-4c3ccccc3c3cc(N(c4ccccc4)c4cccc5oc6ccccc6c45)ccc23)c2cccc3oc4ccccc4c23)cc1. The Balaban J connectivity index is 0.976. The third kappa shape index (κ3) is 6.40. The molecule has 4 nitrogen and oxygen atoms in total. The van der Waals surface area contributed by atoms with Gasteiger partial charge in [0.05, 0.1) is 27.6 Å². The Morgan fingerprint density at radius 1 is 0.286 bits per heavy atom. The molecule has 0 unspecified atom stereocenters. The summed E-state index contributed by atoms with van der Waals surface area (Å²) in [6.45, 7) is 0. The number of nitrogens with zero attached hydrogens (tertiary/aromatic N) is 2. The molecule has 77 heavy (non-hydrogen) atoms. The van der Waals surface area contributed by atoms with Crippen molar-refractivity contribution in [2.75, 3.05) is 9.80 Å². The van der Waals surface area contributed by atoms with Crippen molar-refractivity contribution in [3.05, 3.63) is 301 Å². The number of furan rings is 2. The second kappa shape index (κ2) is 16.9. The molecule has 4 heteroatoms. The summed E-state index contributed by atoms with van der Waals surface area (Å²) in [7, 11) is 0. The number of para-hydroxylation sites is 4. The maximum atomic E-state index is 6.51. The minimum Gasteiger partial charge on any atom is -0.456 e. The highest BCUT2D eigenvalue weighted by Gasteiger charge is 2.48. The summed E-state index contributed by atoms with van der Waals surface area (Å²) in [6, 6.07) is 102. The monoisotopic (exact) mass is 982 g/mol. The fraction of sp³-hybridized carbons (Fsp3) is 0.0137. The number of anilines is 6. The second-order valence-electron chi connectivity index (χ2n) is 20.3. The van der Waals surface area contributed by atoms with Gasteiger partial charge in [-0.25, -0.2) is 0 Å². The molecular formula is C73H46N2O2. The van der Waals surface area contributed by atoms with E-state index in [1.54, 1.807) is 0 Å². The van der Waals surface area contributed by atoms with E-state index in [-0.39, 0.29) is 0 Å². The Morgan fingerprint density at radius 3 is 1.32 bits per heavy atom. The first-order valence-corrected chi connectivity index (χ1v) is 26.4. The van der Waals surface area contributed by atoms with E-state index in [0.29, 0.717) is 0 Å². The van der Waals surface area contributed by atoms with Crippen LogP contribution in [0.15, 0.2) is 288 Å². The van der Waals surface area contributed by atoms with Gasteiger partial charge in [-0.3, -0.25) is 0 Å². The molecule has 360 valence electrons. The van der Waals surface area contributed by atoms with Crippen molar-refractivity contribution in [2.45, 2.75) is 5.41 Å². The van der Waals surface area contributed by atoms with Crippen LogP contribution in [0.5, 0.6) is 0 Å². The van der Waals surface area contributed by atoms with Crippen LogP contribution in [0.1, 0.15) is 22.3 Å². The third-order valence-corrected chi connectivity index (χ3v) is 16.2. The van der Waals surface area contributed by atoms with Crippen LogP contribution in [0.2, 0.25) is 0 Å². The van der Waals surface area contributed by atoms with Crippen molar-refractivity contribution in [3.63, 3.8) is 0 Å². The van der Waals surface area contributed by atoms with Crippen molar-refractivity contribution >= 4 is 110 Å². The Bertz CT molecular complexity index is 4770. The molecule has 0 aliphatic heterocycles. The number of fused-ring (bicyclic) bond motifs is 15. The van der Waals surface area contributed by atoms with E-state index in [4.69, 9.17) is 8.83 Å². The zero-order valence-electron chi connectivity index (χ0n) is 41.8. The highest BCUT2D eigenvalue weighted by atomic mass is 16.3.